The highest BCUT2D eigenvalue weighted by Crippen LogP contribution is 2.60. The molecule has 1 aromatic carbocycles. The SMILES string of the molecule is CCOC[C@]12C=C1[C@@](CF)(c1cc(NC(=O)c3ncc(C#N)cc3C)ccc1F)N=C(N)S2. The van der Waals surface area contributed by atoms with Crippen LogP contribution in [0.15, 0.2) is 47.1 Å². The van der Waals surface area contributed by atoms with Crippen molar-refractivity contribution in [2.45, 2.75) is 24.1 Å². The number of carbonyl (C=O) groups excluding carboxylic acids is 1. The molecule has 2 aliphatic rings. The molecule has 170 valence electrons. The molecule has 2 aromatic rings. The van der Waals surface area contributed by atoms with E-state index < -0.39 is 28.7 Å². The number of benzene rings is 1. The van der Waals surface area contributed by atoms with Crippen molar-refractivity contribution < 1.29 is 18.3 Å². The number of halogens is 2. The van der Waals surface area contributed by atoms with Crippen LogP contribution in [0.1, 0.15) is 34.1 Å². The van der Waals surface area contributed by atoms with Crippen molar-refractivity contribution in [1.29, 1.82) is 5.26 Å². The number of ether oxygens (including phenoxy) is 1. The van der Waals surface area contributed by atoms with Crippen molar-refractivity contribution in [2.75, 3.05) is 25.2 Å². The van der Waals surface area contributed by atoms with Gasteiger partial charge in [0.05, 0.1) is 16.9 Å². The average Bonchev–Trinajstić information content (AvgIpc) is 3.53. The molecule has 0 unspecified atom stereocenters. The summed E-state index contributed by atoms with van der Waals surface area (Å²) in [6.45, 7) is 3.26. The van der Waals surface area contributed by atoms with Crippen LogP contribution in [0.4, 0.5) is 14.5 Å². The zero-order valence-corrected chi connectivity index (χ0v) is 18.8. The van der Waals surface area contributed by atoms with Gasteiger partial charge in [0, 0.05) is 24.1 Å². The lowest BCUT2D eigenvalue weighted by Crippen LogP contribution is -2.40. The Labute approximate surface area is 193 Å². The second-order valence-corrected chi connectivity index (χ2v) is 9.13. The molecule has 0 saturated heterocycles. The summed E-state index contributed by atoms with van der Waals surface area (Å²) in [5.74, 6) is -1.21. The van der Waals surface area contributed by atoms with Gasteiger partial charge in [-0.05, 0) is 49.2 Å². The van der Waals surface area contributed by atoms with Crippen LogP contribution < -0.4 is 11.1 Å². The summed E-state index contributed by atoms with van der Waals surface area (Å²) in [5, 5.41) is 11.8. The summed E-state index contributed by atoms with van der Waals surface area (Å²) in [6.07, 6.45) is 3.11. The van der Waals surface area contributed by atoms with E-state index >= 15 is 0 Å². The highest BCUT2D eigenvalue weighted by atomic mass is 32.2. The maximum atomic E-state index is 15.0. The summed E-state index contributed by atoms with van der Waals surface area (Å²) in [6, 6.07) is 7.40. The van der Waals surface area contributed by atoms with E-state index in [4.69, 9.17) is 15.7 Å². The van der Waals surface area contributed by atoms with Gasteiger partial charge in [-0.3, -0.25) is 4.79 Å². The standard InChI is InChI=1S/C23H21F2N5O2S/c1-3-32-12-22-8-18(22)23(11-24,30-21(27)33-22)16-7-15(4-5-17(16)25)29-20(31)19-13(2)6-14(9-26)10-28-19/h4-8,10H,3,11-12H2,1-2H3,(H2,27,30)(H,29,31)/t22-,23-/m1/s1. The Bertz CT molecular complexity index is 1240. The molecule has 4 rings (SSSR count). The third kappa shape index (κ3) is 3.98. The molecule has 3 N–H and O–H groups in total. The Morgan fingerprint density at radius 3 is 2.85 bits per heavy atom. The smallest absolute Gasteiger partial charge is 0.274 e. The van der Waals surface area contributed by atoms with Crippen molar-refractivity contribution in [3.8, 4) is 6.07 Å². The number of amidine groups is 1. The number of hydrogen-bond acceptors (Lipinski definition) is 7. The van der Waals surface area contributed by atoms with E-state index in [1.807, 2.05) is 19.1 Å². The molecular formula is C23H21F2N5O2S. The number of aromatic nitrogens is 1. The van der Waals surface area contributed by atoms with Crippen molar-refractivity contribution >= 4 is 28.5 Å². The van der Waals surface area contributed by atoms with E-state index in [1.165, 1.54) is 30.1 Å². The number of alkyl halides is 1. The van der Waals surface area contributed by atoms with Crippen molar-refractivity contribution in [3.63, 3.8) is 0 Å². The maximum absolute atomic E-state index is 15.0. The van der Waals surface area contributed by atoms with E-state index in [-0.39, 0.29) is 28.7 Å². The molecule has 1 aliphatic carbocycles. The number of amides is 1. The molecule has 2 heterocycles. The zero-order valence-electron chi connectivity index (χ0n) is 18.0. The predicted molar refractivity (Wildman–Crippen MR) is 122 cm³/mol. The van der Waals surface area contributed by atoms with E-state index in [9.17, 15) is 13.6 Å². The van der Waals surface area contributed by atoms with Gasteiger partial charge in [0.2, 0.25) is 0 Å². The average molecular weight is 470 g/mol. The zero-order chi connectivity index (χ0) is 23.8. The summed E-state index contributed by atoms with van der Waals surface area (Å²) >= 11 is 1.26. The van der Waals surface area contributed by atoms with Crippen molar-refractivity contribution in [2.24, 2.45) is 10.7 Å². The van der Waals surface area contributed by atoms with Gasteiger partial charge in [0.15, 0.2) is 5.17 Å². The van der Waals surface area contributed by atoms with Crippen LogP contribution in [-0.4, -0.2) is 40.7 Å². The second-order valence-electron chi connectivity index (χ2n) is 7.78. The Kier molecular flexibility index (Phi) is 5.95. The van der Waals surface area contributed by atoms with Gasteiger partial charge in [-0.1, -0.05) is 17.8 Å². The Morgan fingerprint density at radius 1 is 1.39 bits per heavy atom. The Morgan fingerprint density at radius 2 is 2.18 bits per heavy atom. The van der Waals surface area contributed by atoms with E-state index in [0.717, 1.165) is 6.07 Å². The van der Waals surface area contributed by atoms with Gasteiger partial charge in [-0.25, -0.2) is 18.8 Å². The van der Waals surface area contributed by atoms with Crippen LogP contribution in [0.5, 0.6) is 0 Å². The summed E-state index contributed by atoms with van der Waals surface area (Å²) in [7, 11) is 0. The third-order valence-electron chi connectivity index (χ3n) is 5.59. The topological polar surface area (TPSA) is 113 Å². The molecular weight excluding hydrogens is 448 g/mol. The highest BCUT2D eigenvalue weighted by molar-refractivity contribution is 8.15. The molecule has 1 aliphatic heterocycles. The molecule has 0 radical (unpaired) electrons. The number of nitrogens with zero attached hydrogens (tertiary/aromatic N) is 3. The first-order valence-electron chi connectivity index (χ1n) is 10.2. The number of fused-ring (bicyclic) bond motifs is 1. The van der Waals surface area contributed by atoms with Crippen LogP contribution in [0, 0.1) is 24.1 Å². The highest BCUT2D eigenvalue weighted by Gasteiger charge is 2.60. The molecule has 0 bridgehead atoms. The van der Waals surface area contributed by atoms with Gasteiger partial charge >= 0.3 is 0 Å². The first-order valence-corrected chi connectivity index (χ1v) is 11.0. The monoisotopic (exact) mass is 469 g/mol. The Balaban J connectivity index is 1.67. The van der Waals surface area contributed by atoms with Crippen molar-refractivity contribution in [3.05, 3.63) is 70.3 Å². The lowest BCUT2D eigenvalue weighted by molar-refractivity contribution is 0.102. The van der Waals surface area contributed by atoms with Crippen LogP contribution in [0.25, 0.3) is 0 Å². The lowest BCUT2D eigenvalue weighted by Gasteiger charge is -2.34. The van der Waals surface area contributed by atoms with Gasteiger partial charge in [-0.2, -0.15) is 5.26 Å². The number of carbonyl (C=O) groups is 1. The number of nitriles is 1. The fraction of sp³-hybridized carbons (Fsp3) is 0.304. The molecule has 1 aromatic heterocycles. The molecule has 0 spiro atoms. The maximum Gasteiger partial charge on any atom is 0.274 e. The number of nitrogens with two attached hydrogens (primary N) is 1. The predicted octanol–water partition coefficient (Wildman–Crippen LogP) is 3.59. The first-order chi connectivity index (χ1) is 15.8. The van der Waals surface area contributed by atoms with Crippen molar-refractivity contribution in [1.82, 2.24) is 4.98 Å². The number of hydrogen-bond donors (Lipinski definition) is 2. The normalized spacial score (nSPS) is 23.1. The number of rotatable bonds is 7. The number of aliphatic imine (C=N–C) groups is 1. The fourth-order valence-electron chi connectivity index (χ4n) is 3.97. The van der Waals surface area contributed by atoms with Crippen LogP contribution in [-0.2, 0) is 10.3 Å². The van der Waals surface area contributed by atoms with Crippen LogP contribution in [0.2, 0.25) is 0 Å². The van der Waals surface area contributed by atoms with Gasteiger partial charge in [0.25, 0.3) is 5.91 Å². The van der Waals surface area contributed by atoms with E-state index in [2.05, 4.69) is 15.3 Å². The quantitative estimate of drug-likeness (QED) is 0.599. The van der Waals surface area contributed by atoms with E-state index in [0.29, 0.717) is 23.3 Å². The Hall–Kier alpha value is -3.29. The first kappa shape index (κ1) is 22.9. The largest absolute Gasteiger partial charge is 0.380 e. The fourth-order valence-corrected chi connectivity index (χ4v) is 5.15. The van der Waals surface area contributed by atoms with E-state index in [1.54, 1.807) is 13.0 Å². The second kappa shape index (κ2) is 8.57. The number of anilines is 1. The molecule has 33 heavy (non-hydrogen) atoms. The minimum absolute atomic E-state index is 0.0276. The summed E-state index contributed by atoms with van der Waals surface area (Å²) < 4.78 is 34.5. The molecule has 0 fully saturated rings. The minimum atomic E-state index is -1.63. The minimum Gasteiger partial charge on any atom is -0.380 e. The number of thioether (sulfide) groups is 1. The number of pyridine rings is 1. The summed E-state index contributed by atoms with van der Waals surface area (Å²) in [5.41, 5.74) is 6.17. The van der Waals surface area contributed by atoms with Crippen LogP contribution in [0.3, 0.4) is 0 Å². The molecule has 7 nitrogen and oxygen atoms in total. The van der Waals surface area contributed by atoms with Gasteiger partial charge in [-0.15, -0.1) is 0 Å². The lowest BCUT2D eigenvalue weighted by atomic mass is 9.86. The number of nitrogens with one attached hydrogen (secondary N) is 1. The van der Waals surface area contributed by atoms with Gasteiger partial charge in [0.1, 0.15) is 29.8 Å². The third-order valence-corrected chi connectivity index (χ3v) is 6.71. The molecule has 0 saturated carbocycles. The number of aryl methyl sites for hydroxylation is 1. The molecule has 2 atom stereocenters. The molecule has 1 amide bonds. The molecule has 10 heteroatoms. The summed E-state index contributed by atoms with van der Waals surface area (Å²) in [4.78, 5) is 21.1. The van der Waals surface area contributed by atoms with Gasteiger partial charge < -0.3 is 15.8 Å². The van der Waals surface area contributed by atoms with Crippen LogP contribution >= 0.6 is 11.8 Å².